The Morgan fingerprint density at radius 3 is 2.33 bits per heavy atom. The number of anilines is 2. The number of aliphatic hydroxyl groups excluding tert-OH is 1. The van der Waals surface area contributed by atoms with Crippen LogP contribution in [0.5, 0.6) is 5.75 Å². The van der Waals surface area contributed by atoms with E-state index in [1.165, 1.54) is 26.0 Å². The predicted octanol–water partition coefficient (Wildman–Crippen LogP) is 6.99. The number of likely N-dealkylation sites (N-methyl/N-ethyl adjacent to an activating group) is 1. The number of alkyl carbamates (subject to hydrolysis) is 1. The summed E-state index contributed by atoms with van der Waals surface area (Å²) in [5.41, 5.74) is 0.412. The van der Waals surface area contributed by atoms with E-state index in [1.807, 2.05) is 26.8 Å². The Kier molecular flexibility index (Phi) is 27.2. The number of epoxide rings is 1. The summed E-state index contributed by atoms with van der Waals surface area (Å²) in [5.74, 6) is -8.02. The highest BCUT2D eigenvalue weighted by Gasteiger charge is 2.64. The molecule has 5 rings (SSSR count). The summed E-state index contributed by atoms with van der Waals surface area (Å²) in [6.45, 7) is 13.4. The molecule has 0 aliphatic carbocycles. The number of esters is 1. The Labute approximate surface area is 551 Å². The van der Waals surface area contributed by atoms with Crippen molar-refractivity contribution in [3.8, 4) is 5.75 Å². The van der Waals surface area contributed by atoms with E-state index >= 15 is 8.78 Å². The lowest BCUT2D eigenvalue weighted by molar-refractivity contribution is -0.158. The first-order valence-electron chi connectivity index (χ1n) is 29.8. The molecule has 506 valence electrons. The highest BCUT2D eigenvalue weighted by atomic mass is 79.9. The molecule has 0 spiro atoms. The number of urea groups is 1. The van der Waals surface area contributed by atoms with E-state index in [0.717, 1.165) is 29.4 Å². The molecular weight excluding hydrogens is 1350 g/mol. The summed E-state index contributed by atoms with van der Waals surface area (Å²) in [5, 5.41) is 37.1. The summed E-state index contributed by atoms with van der Waals surface area (Å²) < 4.78 is 68.0. The van der Waals surface area contributed by atoms with Gasteiger partial charge in [0, 0.05) is 69.7 Å². The van der Waals surface area contributed by atoms with E-state index < -0.39 is 148 Å². The molecule has 0 radical (unpaired) electrons. The van der Waals surface area contributed by atoms with Gasteiger partial charge in [-0.3, -0.25) is 24.5 Å². The largest absolute Gasteiger partial charge is 0.495 e. The maximum Gasteiger partial charge on any atom is 0.409 e. The second-order valence-electron chi connectivity index (χ2n) is 24.6. The number of carbonyl (C=O) groups is 8. The van der Waals surface area contributed by atoms with Gasteiger partial charge in [-0.15, -0.1) is 0 Å². The van der Waals surface area contributed by atoms with Gasteiger partial charge in [0.2, 0.25) is 17.7 Å². The lowest BCUT2D eigenvalue weighted by Gasteiger charge is -2.42. The van der Waals surface area contributed by atoms with Crippen LogP contribution < -0.4 is 42.0 Å². The van der Waals surface area contributed by atoms with Crippen LogP contribution in [0.25, 0.3) is 0 Å². The van der Waals surface area contributed by atoms with Gasteiger partial charge in [-0.2, -0.15) is 0 Å². The first-order valence-corrected chi connectivity index (χ1v) is 32.5. The number of nitrogens with zero attached hydrogens (tertiary/aromatic N) is 2. The molecule has 11 atom stereocenters. The predicted molar refractivity (Wildman–Crippen MR) is 342 cm³/mol. The van der Waals surface area contributed by atoms with Gasteiger partial charge in [-0.1, -0.05) is 94.5 Å². The van der Waals surface area contributed by atoms with E-state index in [-0.39, 0.29) is 54.3 Å². The lowest BCUT2D eigenvalue weighted by atomic mass is 9.83. The number of ether oxygens (including phenoxy) is 6. The van der Waals surface area contributed by atoms with Gasteiger partial charge in [0.25, 0.3) is 5.91 Å². The van der Waals surface area contributed by atoms with Crippen molar-refractivity contribution in [2.24, 2.45) is 17.6 Å². The Balaban J connectivity index is 1.34. The zero-order valence-corrected chi connectivity index (χ0v) is 57.3. The van der Waals surface area contributed by atoms with Crippen molar-refractivity contribution in [1.82, 2.24) is 26.2 Å². The van der Waals surface area contributed by atoms with Crippen LogP contribution >= 0.6 is 43.5 Å². The molecule has 3 heterocycles. The number of unbranched alkanes of at least 4 members (excludes halogenated alkanes) is 1. The highest BCUT2D eigenvalue weighted by molar-refractivity contribution is 9.10. The number of hydrogen-bond acceptors (Lipinski definition) is 17. The third-order valence-electron chi connectivity index (χ3n) is 16.6. The SMILES string of the molecule is COc1cc2cc(c1Cl)N(C)C(O)C[C@H](OC(=O)[C@H](C)N(C)C(=O)c1cc(F)c(NC(=O)[C@H](CCCNC(N)=O)NC(=O)[C@@H](NC(=O)CCCCC(C)(C)OC(C=O)(CBr)CBr)C(C)C)cc1F)[C@]1(C)O[C@H]1[C@H](C)[C@@H]1C[C@@](O)(NC(=O)O1)[C@H](OC)/C=C/C=C(\C)C2. The number of alkyl halides is 2. The Bertz CT molecular complexity index is 3030. The number of carbonyl (C=O) groups excluding carboxylic acids is 8. The van der Waals surface area contributed by atoms with Gasteiger partial charge in [-0.05, 0) is 96.4 Å². The third-order valence-corrected chi connectivity index (χ3v) is 18.9. The zero-order valence-electron chi connectivity index (χ0n) is 53.3. The van der Waals surface area contributed by atoms with Gasteiger partial charge < -0.3 is 80.2 Å². The monoisotopic (exact) mass is 1430 g/mol. The van der Waals surface area contributed by atoms with Gasteiger partial charge in [-0.25, -0.2) is 23.2 Å². The number of hydrogen-bond donors (Lipinski definition) is 8. The molecular formula is C62H87Br2ClF2N8O16. The van der Waals surface area contributed by atoms with Crippen LogP contribution in [0.4, 0.5) is 29.7 Å². The van der Waals surface area contributed by atoms with Crippen LogP contribution in [0.15, 0.2) is 48.1 Å². The number of fused-ring (bicyclic) bond motifs is 5. The molecule has 29 heteroatoms. The topological polar surface area (TPSA) is 328 Å². The van der Waals surface area contributed by atoms with Crippen molar-refractivity contribution in [3.05, 3.63) is 75.9 Å². The summed E-state index contributed by atoms with van der Waals surface area (Å²) in [6, 6.07) is -0.421. The minimum Gasteiger partial charge on any atom is -0.495 e. The molecule has 0 saturated carbocycles. The van der Waals surface area contributed by atoms with Crippen molar-refractivity contribution in [2.75, 3.05) is 55.7 Å². The van der Waals surface area contributed by atoms with Crippen molar-refractivity contribution >= 4 is 103 Å². The first kappa shape index (κ1) is 75.7. The quantitative estimate of drug-likeness (QED) is 0.0155. The van der Waals surface area contributed by atoms with Gasteiger partial charge in [0.1, 0.15) is 76.3 Å². The number of aliphatic hydroxyl groups is 2. The number of nitrogens with one attached hydrogen (secondary N) is 5. The molecule has 24 nitrogen and oxygen atoms in total. The number of nitrogens with two attached hydrogens (primary N) is 1. The van der Waals surface area contributed by atoms with E-state index in [0.29, 0.717) is 49.3 Å². The summed E-state index contributed by atoms with van der Waals surface area (Å²) in [7, 11) is 5.53. The molecule has 2 aromatic carbocycles. The van der Waals surface area contributed by atoms with Crippen LogP contribution in [0.3, 0.4) is 0 Å². The minimum absolute atomic E-state index is 0.0250. The fourth-order valence-electron chi connectivity index (χ4n) is 11.0. The van der Waals surface area contributed by atoms with E-state index in [2.05, 4.69) is 58.4 Å². The molecule has 4 bridgehead atoms. The molecule has 2 fully saturated rings. The number of amides is 7. The first-order chi connectivity index (χ1) is 42.6. The molecule has 2 saturated heterocycles. The number of methoxy groups -OCH3 is 2. The Hall–Kier alpha value is -6.01. The smallest absolute Gasteiger partial charge is 0.409 e. The van der Waals surface area contributed by atoms with E-state index in [9.17, 15) is 48.6 Å². The van der Waals surface area contributed by atoms with Gasteiger partial charge in [0.15, 0.2) is 12.0 Å². The number of primary amides is 1. The third kappa shape index (κ3) is 19.8. The van der Waals surface area contributed by atoms with Crippen LogP contribution in [0.2, 0.25) is 5.02 Å². The van der Waals surface area contributed by atoms with Crippen LogP contribution in [0, 0.1) is 23.5 Å². The van der Waals surface area contributed by atoms with Gasteiger partial charge >= 0.3 is 18.1 Å². The average Bonchev–Trinajstić information content (AvgIpc) is 1.58. The fourth-order valence-corrected chi connectivity index (χ4v) is 12.7. The number of rotatable bonds is 26. The molecule has 3 aliphatic heterocycles. The van der Waals surface area contributed by atoms with Gasteiger partial charge in [0.05, 0.1) is 35.8 Å². The van der Waals surface area contributed by atoms with E-state index in [1.54, 1.807) is 59.0 Å². The van der Waals surface area contributed by atoms with Crippen LogP contribution in [-0.2, 0) is 54.1 Å². The van der Waals surface area contributed by atoms with Crippen molar-refractivity contribution < 1.29 is 85.8 Å². The highest BCUT2D eigenvalue weighted by Crippen LogP contribution is 2.50. The maximum atomic E-state index is 16.2. The normalized spacial score (nSPS) is 24.7. The fraction of sp³-hybridized carbons (Fsp3) is 0.613. The molecule has 2 aromatic rings. The Morgan fingerprint density at radius 1 is 1.03 bits per heavy atom. The van der Waals surface area contributed by atoms with E-state index in [4.69, 9.17) is 45.8 Å². The summed E-state index contributed by atoms with van der Waals surface area (Å²) in [6.07, 6.45) is 0.444. The Morgan fingerprint density at radius 2 is 1.71 bits per heavy atom. The number of aldehydes is 1. The second-order valence-corrected chi connectivity index (χ2v) is 26.1. The lowest BCUT2D eigenvalue weighted by Crippen LogP contribution is -2.63. The number of halogens is 5. The zero-order chi connectivity index (χ0) is 68.1. The maximum absolute atomic E-state index is 16.2. The molecule has 3 aliphatic rings. The number of allylic oxidation sites excluding steroid dienone is 3. The molecule has 1 unspecified atom stereocenters. The van der Waals surface area contributed by atoms with Crippen molar-refractivity contribution in [3.63, 3.8) is 0 Å². The number of benzene rings is 2. The van der Waals surface area contributed by atoms with Crippen LogP contribution in [0.1, 0.15) is 123 Å². The van der Waals surface area contributed by atoms with Crippen molar-refractivity contribution in [2.45, 2.75) is 184 Å². The summed E-state index contributed by atoms with van der Waals surface area (Å²) in [4.78, 5) is 108. The molecule has 0 aromatic heterocycles. The van der Waals surface area contributed by atoms with Crippen LogP contribution in [-0.4, -0.2) is 180 Å². The summed E-state index contributed by atoms with van der Waals surface area (Å²) >= 11 is 13.5. The average molecular weight is 1430 g/mol. The standard InChI is InChI=1S/C62H87Br2ClF2N8O16/c1-33(2)51(72-48(77)20-13-14-21-59(6,7)91-61(30-63,31-64)32-76)54(80)70-41(18-16-22-69-57(68)83)53(79)71-42-27-39(66)38(26-40(42)67)55(81)74(9)36(5)56(82)89-47-28-49(78)75(10)43-24-37(25-44(86-11)50(43)65)23-34(3)17-15-19-46(87-12)62(85)29-45(88-58(84)73-62)35(4)52-60(47,8)90-52/h15,17,19,24-27,32-33,35-36,41,45-47,49,51-52,78,85H,13-14,16,18,20-23,28-31H2,1-12H3,(H,70,80)(H,71,79)(H,72,77)(H,73,84)(H3,68,69,83)/b19-15+,34-17+/t35-,36+,41+,45+,46-,47+,49?,51+,52+,60+,62+/m1/s1. The molecule has 91 heavy (non-hydrogen) atoms. The minimum atomic E-state index is -1.95. The molecule has 9 N–H and O–H groups in total. The molecule has 7 amide bonds. The second kappa shape index (κ2) is 32.7. The van der Waals surface area contributed by atoms with Crippen molar-refractivity contribution in [1.29, 1.82) is 0 Å².